The highest BCUT2D eigenvalue weighted by atomic mass is 19.1. The van der Waals surface area contributed by atoms with Crippen LogP contribution in [0.4, 0.5) is 4.39 Å². The zero-order valence-electron chi connectivity index (χ0n) is 18.3. The molecule has 2 aromatic carbocycles. The van der Waals surface area contributed by atoms with Crippen LogP contribution < -0.4 is 4.74 Å². The van der Waals surface area contributed by atoms with Crippen LogP contribution >= 0.6 is 0 Å². The third-order valence-corrected chi connectivity index (χ3v) is 4.74. The van der Waals surface area contributed by atoms with E-state index in [1.54, 1.807) is 33.1 Å². The molecule has 0 aromatic heterocycles. The number of carbonyl (C=O) groups is 2. The summed E-state index contributed by atoms with van der Waals surface area (Å²) in [7, 11) is 1.60. The lowest BCUT2D eigenvalue weighted by Crippen LogP contribution is -2.36. The third-order valence-electron chi connectivity index (χ3n) is 4.74. The highest BCUT2D eigenvalue weighted by Gasteiger charge is 2.29. The molecule has 7 heteroatoms. The normalized spacial score (nSPS) is 11.8. The third kappa shape index (κ3) is 7.68. The Hall–Kier alpha value is -2.93. The summed E-state index contributed by atoms with van der Waals surface area (Å²) < 4.78 is 29.0. The van der Waals surface area contributed by atoms with E-state index in [1.165, 1.54) is 12.1 Å². The molecule has 0 amide bonds. The van der Waals surface area contributed by atoms with Gasteiger partial charge in [0.25, 0.3) is 0 Å². The lowest BCUT2D eigenvalue weighted by Gasteiger charge is -2.30. The van der Waals surface area contributed by atoms with Crippen LogP contribution in [0.25, 0.3) is 0 Å². The number of nitrogens with zero attached hydrogens (tertiary/aromatic N) is 1. The van der Waals surface area contributed by atoms with E-state index in [2.05, 4.69) is 0 Å². The number of rotatable bonds is 12. The topological polar surface area (TPSA) is 65.1 Å². The van der Waals surface area contributed by atoms with Crippen molar-refractivity contribution in [3.05, 3.63) is 65.5 Å². The molecule has 0 spiro atoms. The second-order valence-electron chi connectivity index (χ2n) is 6.93. The molecule has 168 valence electrons. The van der Waals surface area contributed by atoms with Crippen LogP contribution in [0.1, 0.15) is 43.9 Å². The van der Waals surface area contributed by atoms with Gasteiger partial charge in [0.05, 0.1) is 20.3 Å². The maximum atomic E-state index is 13.5. The monoisotopic (exact) mass is 431 g/mol. The molecule has 0 fully saturated rings. The number of carbonyl (C=O) groups excluding carboxylic acids is 2. The van der Waals surface area contributed by atoms with Gasteiger partial charge in [-0.25, -0.2) is 9.18 Å². The minimum Gasteiger partial charge on any atom is -0.497 e. The number of hydrogen-bond donors (Lipinski definition) is 0. The van der Waals surface area contributed by atoms with E-state index in [0.29, 0.717) is 31.7 Å². The Kier molecular flexibility index (Phi) is 9.97. The van der Waals surface area contributed by atoms with Gasteiger partial charge in [-0.3, -0.25) is 9.69 Å². The van der Waals surface area contributed by atoms with E-state index in [0.717, 1.165) is 11.3 Å². The van der Waals surface area contributed by atoms with Crippen molar-refractivity contribution in [3.8, 4) is 5.75 Å². The molecule has 0 aliphatic heterocycles. The van der Waals surface area contributed by atoms with E-state index in [4.69, 9.17) is 14.2 Å². The molecular formula is C24H30FNO5. The Bertz CT molecular complexity index is 823. The second-order valence-corrected chi connectivity index (χ2v) is 6.93. The van der Waals surface area contributed by atoms with Gasteiger partial charge in [-0.05, 0) is 55.7 Å². The first kappa shape index (κ1) is 24.3. The summed E-state index contributed by atoms with van der Waals surface area (Å²) in [4.78, 5) is 26.6. The molecule has 1 atom stereocenters. The van der Waals surface area contributed by atoms with Gasteiger partial charge in [0.15, 0.2) is 0 Å². The highest BCUT2D eigenvalue weighted by molar-refractivity contribution is 5.77. The number of benzene rings is 2. The molecule has 2 aromatic rings. The van der Waals surface area contributed by atoms with Gasteiger partial charge >= 0.3 is 11.9 Å². The van der Waals surface area contributed by atoms with Crippen molar-refractivity contribution in [3.63, 3.8) is 0 Å². The molecule has 2 rings (SSSR count). The average molecular weight is 432 g/mol. The quantitative estimate of drug-likeness (QED) is 0.467. The van der Waals surface area contributed by atoms with E-state index in [9.17, 15) is 14.0 Å². The SMILES string of the molecule is CCOC(=O)CCCN(Cc1ccc(OC)cc1)C(C(=O)OCC)c1ccc(F)cc1. The summed E-state index contributed by atoms with van der Waals surface area (Å²) in [5.41, 5.74) is 1.60. The number of ether oxygens (including phenoxy) is 3. The van der Waals surface area contributed by atoms with Gasteiger partial charge in [-0.15, -0.1) is 0 Å². The van der Waals surface area contributed by atoms with Crippen molar-refractivity contribution < 1.29 is 28.2 Å². The van der Waals surface area contributed by atoms with Crippen molar-refractivity contribution in [1.82, 2.24) is 4.90 Å². The molecule has 0 heterocycles. The molecule has 31 heavy (non-hydrogen) atoms. The Morgan fingerprint density at radius 2 is 1.61 bits per heavy atom. The summed E-state index contributed by atoms with van der Waals surface area (Å²) in [6.07, 6.45) is 0.748. The smallest absolute Gasteiger partial charge is 0.328 e. The Labute approximate surface area is 182 Å². The average Bonchev–Trinajstić information content (AvgIpc) is 2.76. The first-order chi connectivity index (χ1) is 15.0. The van der Waals surface area contributed by atoms with Gasteiger partial charge in [-0.2, -0.15) is 0 Å². The van der Waals surface area contributed by atoms with Gasteiger partial charge in [0, 0.05) is 19.5 Å². The number of methoxy groups -OCH3 is 1. The number of esters is 2. The predicted octanol–water partition coefficient (Wildman–Crippen LogP) is 4.28. The molecule has 1 unspecified atom stereocenters. The molecule has 0 aliphatic rings. The Morgan fingerprint density at radius 3 is 2.19 bits per heavy atom. The lowest BCUT2D eigenvalue weighted by molar-refractivity contribution is -0.150. The molecule has 0 radical (unpaired) electrons. The van der Waals surface area contributed by atoms with Gasteiger partial charge in [0.2, 0.25) is 0 Å². The summed E-state index contributed by atoms with van der Waals surface area (Å²) >= 11 is 0. The molecule has 0 N–H and O–H groups in total. The second kappa shape index (κ2) is 12.7. The minimum atomic E-state index is -0.732. The van der Waals surface area contributed by atoms with E-state index >= 15 is 0 Å². The fourth-order valence-electron chi connectivity index (χ4n) is 3.29. The summed E-state index contributed by atoms with van der Waals surface area (Å²) in [6, 6.07) is 12.6. The van der Waals surface area contributed by atoms with Gasteiger partial charge in [-0.1, -0.05) is 24.3 Å². The Balaban J connectivity index is 2.30. The largest absolute Gasteiger partial charge is 0.497 e. The Morgan fingerprint density at radius 1 is 0.968 bits per heavy atom. The van der Waals surface area contributed by atoms with Crippen LogP contribution in [-0.2, 0) is 25.6 Å². The summed E-state index contributed by atoms with van der Waals surface area (Å²) in [6.45, 7) is 4.96. The highest BCUT2D eigenvalue weighted by Crippen LogP contribution is 2.26. The molecule has 6 nitrogen and oxygen atoms in total. The minimum absolute atomic E-state index is 0.232. The first-order valence-electron chi connectivity index (χ1n) is 10.4. The molecular weight excluding hydrogens is 401 g/mol. The first-order valence-corrected chi connectivity index (χ1v) is 10.4. The van der Waals surface area contributed by atoms with E-state index < -0.39 is 12.0 Å². The number of halogens is 1. The van der Waals surface area contributed by atoms with Crippen LogP contribution in [0.3, 0.4) is 0 Å². The maximum Gasteiger partial charge on any atom is 0.328 e. The van der Waals surface area contributed by atoms with Gasteiger partial charge in [0.1, 0.15) is 17.6 Å². The van der Waals surface area contributed by atoms with Crippen molar-refractivity contribution in [2.75, 3.05) is 26.9 Å². The van der Waals surface area contributed by atoms with Crippen molar-refractivity contribution >= 4 is 11.9 Å². The molecule has 0 saturated heterocycles. The summed E-state index contributed by atoms with van der Waals surface area (Å²) in [5.74, 6) is -0.339. The van der Waals surface area contributed by atoms with Crippen molar-refractivity contribution in [2.24, 2.45) is 0 Å². The van der Waals surface area contributed by atoms with Crippen LogP contribution in [0, 0.1) is 5.82 Å². The van der Waals surface area contributed by atoms with Crippen LogP contribution in [0.2, 0.25) is 0 Å². The van der Waals surface area contributed by atoms with Crippen molar-refractivity contribution in [1.29, 1.82) is 0 Å². The fraction of sp³-hybridized carbons (Fsp3) is 0.417. The maximum absolute atomic E-state index is 13.5. The number of hydrogen-bond acceptors (Lipinski definition) is 6. The predicted molar refractivity (Wildman–Crippen MR) is 115 cm³/mol. The van der Waals surface area contributed by atoms with E-state index in [-0.39, 0.29) is 24.8 Å². The molecule has 0 saturated carbocycles. The fourth-order valence-corrected chi connectivity index (χ4v) is 3.29. The van der Waals surface area contributed by atoms with E-state index in [1.807, 2.05) is 29.2 Å². The lowest BCUT2D eigenvalue weighted by atomic mass is 10.0. The van der Waals surface area contributed by atoms with Crippen molar-refractivity contribution in [2.45, 2.75) is 39.3 Å². The van der Waals surface area contributed by atoms with Crippen LogP contribution in [0.15, 0.2) is 48.5 Å². The molecule has 0 aliphatic carbocycles. The summed E-state index contributed by atoms with van der Waals surface area (Å²) in [5, 5.41) is 0. The molecule has 0 bridgehead atoms. The standard InChI is InChI=1S/C24H30FNO5/c1-4-30-22(27)7-6-16-26(17-18-8-14-21(29-3)15-9-18)23(24(28)31-5-2)19-10-12-20(25)13-11-19/h8-15,23H,4-7,16-17H2,1-3H3. The van der Waals surface area contributed by atoms with Crippen LogP contribution in [-0.4, -0.2) is 43.7 Å². The van der Waals surface area contributed by atoms with Gasteiger partial charge < -0.3 is 14.2 Å². The van der Waals surface area contributed by atoms with Crippen LogP contribution in [0.5, 0.6) is 5.75 Å². The zero-order valence-corrected chi connectivity index (χ0v) is 18.3. The zero-order chi connectivity index (χ0) is 22.6.